The number of nitrogens with two attached hydrogens (primary N) is 1. The molecule has 132 valence electrons. The summed E-state index contributed by atoms with van der Waals surface area (Å²) in [5.74, 6) is -2.26. The van der Waals surface area contributed by atoms with Crippen LogP contribution in [0.2, 0.25) is 0 Å². The summed E-state index contributed by atoms with van der Waals surface area (Å²) >= 11 is 0. The van der Waals surface area contributed by atoms with Crippen molar-refractivity contribution in [2.75, 3.05) is 19.0 Å². The van der Waals surface area contributed by atoms with Crippen LogP contribution in [0.4, 0.5) is 18.9 Å². The first kappa shape index (κ1) is 17.0. The van der Waals surface area contributed by atoms with Crippen LogP contribution in [0, 0.1) is 17.2 Å². The molecule has 6 nitrogen and oxygen atoms in total. The molecule has 3 rings (SSSR count). The Balaban J connectivity index is 2.09. The average molecular weight is 351 g/mol. The zero-order valence-corrected chi connectivity index (χ0v) is 13.5. The molecule has 0 bridgehead atoms. The lowest BCUT2D eigenvalue weighted by molar-refractivity contribution is -0.0661. The van der Waals surface area contributed by atoms with E-state index in [1.807, 2.05) is 25.1 Å². The van der Waals surface area contributed by atoms with Gasteiger partial charge < -0.3 is 15.4 Å². The molecule has 2 aliphatic heterocycles. The Bertz CT molecular complexity index is 776. The SMILES string of the molecule is CN(C)c1ccc([C@@H]2C(C#N)=C(N)O[C@@H]3NN=C(C(F)(F)F)[C@@H]32)cc1. The van der Waals surface area contributed by atoms with Crippen LogP contribution >= 0.6 is 0 Å². The maximum atomic E-state index is 13.4. The minimum Gasteiger partial charge on any atom is -0.453 e. The summed E-state index contributed by atoms with van der Waals surface area (Å²) in [6.45, 7) is 0. The summed E-state index contributed by atoms with van der Waals surface area (Å²) in [7, 11) is 3.71. The Morgan fingerprint density at radius 3 is 2.44 bits per heavy atom. The highest BCUT2D eigenvalue weighted by molar-refractivity contribution is 5.94. The Kier molecular flexibility index (Phi) is 3.99. The van der Waals surface area contributed by atoms with E-state index < -0.39 is 30.0 Å². The molecule has 1 aromatic carbocycles. The van der Waals surface area contributed by atoms with Gasteiger partial charge in [-0.05, 0) is 17.7 Å². The molecule has 2 heterocycles. The molecular weight excluding hydrogens is 335 g/mol. The second-order valence-electron chi connectivity index (χ2n) is 6.04. The fourth-order valence-corrected chi connectivity index (χ4v) is 3.13. The summed E-state index contributed by atoms with van der Waals surface area (Å²) in [5, 5.41) is 12.8. The van der Waals surface area contributed by atoms with Gasteiger partial charge in [0.2, 0.25) is 5.88 Å². The molecule has 0 amide bonds. The first-order chi connectivity index (χ1) is 11.7. The average Bonchev–Trinajstić information content (AvgIpc) is 2.97. The van der Waals surface area contributed by atoms with Gasteiger partial charge in [-0.1, -0.05) is 12.1 Å². The zero-order valence-electron chi connectivity index (χ0n) is 13.5. The molecule has 3 atom stereocenters. The van der Waals surface area contributed by atoms with E-state index in [0.29, 0.717) is 5.56 Å². The van der Waals surface area contributed by atoms with Gasteiger partial charge in [-0.2, -0.15) is 23.5 Å². The Morgan fingerprint density at radius 1 is 1.28 bits per heavy atom. The number of anilines is 1. The molecule has 0 fully saturated rings. The number of halogens is 3. The van der Waals surface area contributed by atoms with Gasteiger partial charge in [0.15, 0.2) is 11.9 Å². The summed E-state index contributed by atoms with van der Waals surface area (Å²) in [5.41, 5.74) is 8.50. The van der Waals surface area contributed by atoms with E-state index in [9.17, 15) is 18.4 Å². The lowest BCUT2D eigenvalue weighted by Crippen LogP contribution is -2.45. The van der Waals surface area contributed by atoms with Gasteiger partial charge in [0, 0.05) is 25.7 Å². The van der Waals surface area contributed by atoms with E-state index in [4.69, 9.17) is 10.5 Å². The summed E-state index contributed by atoms with van der Waals surface area (Å²) in [6.07, 6.45) is -5.70. The van der Waals surface area contributed by atoms with Crippen LogP contribution in [-0.2, 0) is 4.74 Å². The number of hydrazone groups is 1. The number of fused-ring (bicyclic) bond motifs is 1. The van der Waals surface area contributed by atoms with Crippen molar-refractivity contribution in [2.24, 2.45) is 16.8 Å². The van der Waals surface area contributed by atoms with Gasteiger partial charge in [0.25, 0.3) is 0 Å². The number of nitrogens with zero attached hydrogens (tertiary/aromatic N) is 3. The number of rotatable bonds is 2. The van der Waals surface area contributed by atoms with E-state index in [-0.39, 0.29) is 11.5 Å². The van der Waals surface area contributed by atoms with Crippen LogP contribution in [-0.4, -0.2) is 32.2 Å². The molecule has 3 N–H and O–H groups in total. The van der Waals surface area contributed by atoms with Crippen LogP contribution in [0.5, 0.6) is 0 Å². The zero-order chi connectivity index (χ0) is 18.4. The minimum absolute atomic E-state index is 0.0282. The smallest absolute Gasteiger partial charge is 0.431 e. The quantitative estimate of drug-likeness (QED) is 0.851. The molecule has 0 saturated carbocycles. The van der Waals surface area contributed by atoms with E-state index in [0.717, 1.165) is 5.69 Å². The van der Waals surface area contributed by atoms with Gasteiger partial charge in [-0.25, -0.2) is 0 Å². The number of nitrogens with one attached hydrogen (secondary N) is 1. The van der Waals surface area contributed by atoms with E-state index in [1.54, 1.807) is 24.3 Å². The molecule has 25 heavy (non-hydrogen) atoms. The van der Waals surface area contributed by atoms with Crippen molar-refractivity contribution in [3.63, 3.8) is 0 Å². The first-order valence-corrected chi connectivity index (χ1v) is 7.48. The third-order valence-electron chi connectivity index (χ3n) is 4.32. The van der Waals surface area contributed by atoms with Crippen molar-refractivity contribution in [1.29, 1.82) is 5.26 Å². The van der Waals surface area contributed by atoms with Gasteiger partial charge in [-0.15, -0.1) is 0 Å². The van der Waals surface area contributed by atoms with Crippen LogP contribution < -0.4 is 16.1 Å². The minimum atomic E-state index is -4.63. The third kappa shape index (κ3) is 2.84. The highest BCUT2D eigenvalue weighted by atomic mass is 19.4. The predicted molar refractivity (Wildman–Crippen MR) is 85.3 cm³/mol. The number of benzene rings is 1. The first-order valence-electron chi connectivity index (χ1n) is 7.48. The van der Waals surface area contributed by atoms with Gasteiger partial charge >= 0.3 is 6.18 Å². The van der Waals surface area contributed by atoms with Crippen LogP contribution in [0.15, 0.2) is 40.8 Å². The molecule has 0 radical (unpaired) electrons. The van der Waals surface area contributed by atoms with Gasteiger partial charge in [-0.3, -0.25) is 5.43 Å². The van der Waals surface area contributed by atoms with Crippen LogP contribution in [0.25, 0.3) is 0 Å². The van der Waals surface area contributed by atoms with Crippen molar-refractivity contribution in [2.45, 2.75) is 18.3 Å². The summed E-state index contributed by atoms with van der Waals surface area (Å²) < 4.78 is 45.3. The molecule has 0 unspecified atom stereocenters. The standard InChI is InChI=1S/C16H16F3N5O/c1-24(2)9-5-3-8(4-6-9)11-10(7-20)14(21)25-15-12(11)13(22-23-15)16(17,18)19/h3-6,11-12,15,23H,21H2,1-2H3/t11-,12+,15+/m1/s1. The van der Waals surface area contributed by atoms with Crippen LogP contribution in [0.3, 0.4) is 0 Å². The van der Waals surface area contributed by atoms with Crippen molar-refractivity contribution >= 4 is 11.4 Å². The number of nitriles is 1. The molecule has 0 aliphatic carbocycles. The number of allylic oxidation sites excluding steroid dienone is 1. The highest BCUT2D eigenvalue weighted by Gasteiger charge is 2.55. The van der Waals surface area contributed by atoms with Gasteiger partial charge in [0.05, 0.1) is 11.5 Å². The largest absolute Gasteiger partial charge is 0.453 e. The number of alkyl halides is 3. The van der Waals surface area contributed by atoms with Crippen molar-refractivity contribution in [3.8, 4) is 6.07 Å². The Morgan fingerprint density at radius 2 is 1.92 bits per heavy atom. The number of hydrogen-bond acceptors (Lipinski definition) is 6. The topological polar surface area (TPSA) is 86.7 Å². The molecular formula is C16H16F3N5O. The second kappa shape index (κ2) is 5.88. The number of ether oxygens (including phenoxy) is 1. The van der Waals surface area contributed by atoms with Crippen molar-refractivity contribution in [3.05, 3.63) is 41.3 Å². The Labute approximate surface area is 142 Å². The normalized spacial score (nSPS) is 25.4. The monoisotopic (exact) mass is 351 g/mol. The molecule has 1 aromatic rings. The molecule has 2 aliphatic rings. The predicted octanol–water partition coefficient (Wildman–Crippen LogP) is 2.02. The third-order valence-corrected chi connectivity index (χ3v) is 4.32. The fourth-order valence-electron chi connectivity index (χ4n) is 3.13. The van der Waals surface area contributed by atoms with Gasteiger partial charge in [0.1, 0.15) is 6.07 Å². The van der Waals surface area contributed by atoms with Crippen molar-refractivity contribution < 1.29 is 17.9 Å². The van der Waals surface area contributed by atoms with E-state index >= 15 is 0 Å². The van der Waals surface area contributed by atoms with Crippen LogP contribution in [0.1, 0.15) is 11.5 Å². The maximum absolute atomic E-state index is 13.4. The summed E-state index contributed by atoms with van der Waals surface area (Å²) in [6, 6.07) is 8.83. The molecule has 0 saturated heterocycles. The van der Waals surface area contributed by atoms with E-state index in [2.05, 4.69) is 10.5 Å². The molecule has 9 heteroatoms. The molecule has 0 aromatic heterocycles. The summed E-state index contributed by atoms with van der Waals surface area (Å²) in [4.78, 5) is 1.87. The lowest BCUT2D eigenvalue weighted by Gasteiger charge is -2.34. The molecule has 0 spiro atoms. The lowest BCUT2D eigenvalue weighted by atomic mass is 9.76. The second-order valence-corrected chi connectivity index (χ2v) is 6.04. The number of hydrogen-bond donors (Lipinski definition) is 2. The van der Waals surface area contributed by atoms with E-state index in [1.165, 1.54) is 0 Å². The Hall–Kier alpha value is -2.89. The fraction of sp³-hybridized carbons (Fsp3) is 0.375. The highest BCUT2D eigenvalue weighted by Crippen LogP contribution is 2.45. The maximum Gasteiger partial charge on any atom is 0.431 e. The van der Waals surface area contributed by atoms with Crippen molar-refractivity contribution in [1.82, 2.24) is 5.43 Å².